The third kappa shape index (κ3) is 3.09. The van der Waals surface area contributed by atoms with E-state index < -0.39 is 0 Å². The highest BCUT2D eigenvalue weighted by Gasteiger charge is 2.07. The van der Waals surface area contributed by atoms with E-state index in [-0.39, 0.29) is 17.0 Å². The van der Waals surface area contributed by atoms with Gasteiger partial charge in [0.25, 0.3) is 0 Å². The molecule has 0 atom stereocenters. The fraction of sp³-hybridized carbons (Fsp3) is 0.235. The largest absolute Gasteiger partial charge is 1.00 e. The van der Waals surface area contributed by atoms with Gasteiger partial charge in [-0.25, -0.2) is 0 Å². The van der Waals surface area contributed by atoms with Gasteiger partial charge in [-0.1, -0.05) is 29.8 Å². The molecule has 0 radical (unpaired) electrons. The summed E-state index contributed by atoms with van der Waals surface area (Å²) in [5.41, 5.74) is 3.85. The summed E-state index contributed by atoms with van der Waals surface area (Å²) in [6.07, 6.45) is 0. The van der Waals surface area contributed by atoms with Gasteiger partial charge in [0.05, 0.1) is 17.6 Å². The first-order chi connectivity index (χ1) is 10.2. The lowest BCUT2D eigenvalue weighted by molar-refractivity contribution is -0.00000507. The molecule has 116 valence electrons. The quantitative estimate of drug-likeness (QED) is 0.690. The number of nitrogens with one attached hydrogen (secondary N) is 1. The molecule has 0 bridgehead atoms. The van der Waals surface area contributed by atoms with Crippen LogP contribution in [0.5, 0.6) is 5.75 Å². The number of rotatable bonds is 4. The summed E-state index contributed by atoms with van der Waals surface area (Å²) in [6, 6.07) is 16.1. The van der Waals surface area contributed by atoms with Gasteiger partial charge in [0, 0.05) is 7.05 Å². The predicted molar refractivity (Wildman–Crippen MR) is 83.4 cm³/mol. The van der Waals surface area contributed by atoms with Crippen LogP contribution in [0.1, 0.15) is 5.56 Å². The highest BCUT2D eigenvalue weighted by molar-refractivity contribution is 5.75. The minimum Gasteiger partial charge on any atom is -1.00 e. The second kappa shape index (κ2) is 6.83. The summed E-state index contributed by atoms with van der Waals surface area (Å²) in [7, 11) is 1.92. The average Bonchev–Trinajstić information content (AvgIpc) is 2.75. The Morgan fingerprint density at radius 1 is 1.00 bits per heavy atom. The van der Waals surface area contributed by atoms with E-state index in [1.807, 2.05) is 64.7 Å². The lowest BCUT2D eigenvalue weighted by atomic mass is 10.2. The maximum atomic E-state index is 8.21. The molecule has 3 aromatic rings. The van der Waals surface area contributed by atoms with Crippen molar-refractivity contribution >= 4 is 11.0 Å². The highest BCUT2D eigenvalue weighted by atomic mass is 79.9. The molecule has 0 saturated carbocycles. The monoisotopic (exact) mass is 360 g/mol. The summed E-state index contributed by atoms with van der Waals surface area (Å²) in [5, 5.41) is 8.21. The molecule has 0 fully saturated rings. The van der Waals surface area contributed by atoms with Crippen LogP contribution in [0.4, 0.5) is 0 Å². The lowest BCUT2D eigenvalue weighted by Crippen LogP contribution is -3.00. The van der Waals surface area contributed by atoms with Crippen LogP contribution in [0.25, 0.3) is 11.0 Å². The van der Waals surface area contributed by atoms with Crippen LogP contribution in [0.2, 0.25) is 0 Å². The lowest BCUT2D eigenvalue weighted by Gasteiger charge is -2.08. The van der Waals surface area contributed by atoms with Crippen molar-refractivity contribution in [1.29, 1.82) is 5.41 Å². The number of benzene rings is 2. The smallest absolute Gasteiger partial charge is 0.202 e. The molecule has 0 amide bonds. The van der Waals surface area contributed by atoms with Gasteiger partial charge in [-0.2, -0.15) is 0 Å². The predicted octanol–water partition coefficient (Wildman–Crippen LogP) is -0.149. The Labute approximate surface area is 140 Å². The SMILES string of the molecule is Cc1ccc(OCCn2c(=N)n(C)c3ccccc32)cc1.[Br-]. The van der Waals surface area contributed by atoms with Gasteiger partial charge >= 0.3 is 0 Å². The van der Waals surface area contributed by atoms with Gasteiger partial charge in [0.15, 0.2) is 0 Å². The Morgan fingerprint density at radius 3 is 2.32 bits per heavy atom. The summed E-state index contributed by atoms with van der Waals surface area (Å²) in [6.45, 7) is 3.27. The number of aromatic nitrogens is 2. The molecule has 4 nitrogen and oxygen atoms in total. The Balaban J connectivity index is 0.00000176. The Kier molecular flexibility index (Phi) is 5.08. The van der Waals surface area contributed by atoms with E-state index in [0.717, 1.165) is 16.8 Å². The first-order valence-corrected chi connectivity index (χ1v) is 7.05. The van der Waals surface area contributed by atoms with Crippen LogP contribution in [0, 0.1) is 12.3 Å². The van der Waals surface area contributed by atoms with Crippen LogP contribution in [-0.2, 0) is 13.6 Å². The highest BCUT2D eigenvalue weighted by Crippen LogP contribution is 2.13. The zero-order valence-electron chi connectivity index (χ0n) is 12.7. The number of hydrogen-bond donors (Lipinski definition) is 1. The van der Waals surface area contributed by atoms with Crippen molar-refractivity contribution in [2.45, 2.75) is 13.5 Å². The normalized spacial score (nSPS) is 10.5. The van der Waals surface area contributed by atoms with E-state index in [2.05, 4.69) is 6.92 Å². The van der Waals surface area contributed by atoms with Gasteiger partial charge in [-0.3, -0.25) is 5.41 Å². The molecule has 0 saturated heterocycles. The molecule has 3 rings (SSSR count). The number of nitrogens with zero attached hydrogens (tertiary/aromatic N) is 2. The number of imidazole rings is 1. The fourth-order valence-electron chi connectivity index (χ4n) is 2.50. The number of ether oxygens (including phenoxy) is 1. The second-order valence-corrected chi connectivity index (χ2v) is 5.18. The molecule has 0 aliphatic rings. The van der Waals surface area contributed by atoms with Crippen molar-refractivity contribution in [2.24, 2.45) is 7.05 Å². The van der Waals surface area contributed by atoms with Gasteiger partial charge in [0.2, 0.25) is 5.62 Å². The first-order valence-electron chi connectivity index (χ1n) is 7.05. The second-order valence-electron chi connectivity index (χ2n) is 5.18. The van der Waals surface area contributed by atoms with Crippen LogP contribution in [0.3, 0.4) is 0 Å². The Morgan fingerprint density at radius 2 is 1.64 bits per heavy atom. The molecule has 0 aliphatic heterocycles. The van der Waals surface area contributed by atoms with Crippen molar-refractivity contribution in [2.75, 3.05) is 6.61 Å². The molecule has 0 spiro atoms. The van der Waals surface area contributed by atoms with E-state index in [1.54, 1.807) is 0 Å². The van der Waals surface area contributed by atoms with E-state index in [4.69, 9.17) is 10.1 Å². The fourth-order valence-corrected chi connectivity index (χ4v) is 2.50. The number of aryl methyl sites for hydroxylation is 2. The maximum absolute atomic E-state index is 8.21. The molecule has 1 aromatic heterocycles. The zero-order chi connectivity index (χ0) is 14.8. The molecule has 1 heterocycles. The number of halogens is 1. The number of hydrogen-bond acceptors (Lipinski definition) is 2. The zero-order valence-corrected chi connectivity index (χ0v) is 14.3. The van der Waals surface area contributed by atoms with Gasteiger partial charge in [0.1, 0.15) is 12.4 Å². The maximum Gasteiger partial charge on any atom is 0.202 e. The van der Waals surface area contributed by atoms with Crippen molar-refractivity contribution in [3.63, 3.8) is 0 Å². The summed E-state index contributed by atoms with van der Waals surface area (Å²) in [4.78, 5) is 0. The molecule has 1 N–H and O–H groups in total. The molecule has 5 heteroatoms. The van der Waals surface area contributed by atoms with Crippen LogP contribution in [0.15, 0.2) is 48.5 Å². The van der Waals surface area contributed by atoms with Gasteiger partial charge in [-0.15, -0.1) is 0 Å². The third-order valence-electron chi connectivity index (χ3n) is 3.71. The van der Waals surface area contributed by atoms with E-state index >= 15 is 0 Å². The summed E-state index contributed by atoms with van der Waals surface area (Å²) < 4.78 is 9.63. The topological polar surface area (TPSA) is 42.9 Å². The van der Waals surface area contributed by atoms with Crippen LogP contribution >= 0.6 is 0 Å². The summed E-state index contributed by atoms with van der Waals surface area (Å²) >= 11 is 0. The van der Waals surface area contributed by atoms with Crippen molar-refractivity contribution < 1.29 is 21.7 Å². The van der Waals surface area contributed by atoms with Gasteiger partial charge in [-0.05, 0) is 31.2 Å². The number of fused-ring (bicyclic) bond motifs is 1. The Hall–Kier alpha value is -2.01. The minimum atomic E-state index is 0. The van der Waals surface area contributed by atoms with Crippen molar-refractivity contribution in [3.8, 4) is 5.75 Å². The van der Waals surface area contributed by atoms with Crippen molar-refractivity contribution in [3.05, 3.63) is 59.7 Å². The molecule has 2 aromatic carbocycles. The minimum absolute atomic E-state index is 0. The van der Waals surface area contributed by atoms with E-state index in [1.165, 1.54) is 5.56 Å². The molecular weight excluding hydrogens is 342 g/mol. The molecule has 0 unspecified atom stereocenters. The van der Waals surface area contributed by atoms with Crippen LogP contribution in [-0.4, -0.2) is 15.7 Å². The molecule has 22 heavy (non-hydrogen) atoms. The number of para-hydroxylation sites is 2. The average molecular weight is 361 g/mol. The first kappa shape index (κ1) is 16.4. The van der Waals surface area contributed by atoms with Crippen LogP contribution < -0.4 is 27.3 Å². The molecule has 0 aliphatic carbocycles. The standard InChI is InChI=1S/C17H19N3O.BrH/c1-13-7-9-14(10-8-13)21-12-11-20-16-6-4-3-5-15(16)19(2)17(20)18;/h3-10,18H,11-12H2,1-2H3;1H/p-1. The summed E-state index contributed by atoms with van der Waals surface area (Å²) in [5.74, 6) is 0.868. The van der Waals surface area contributed by atoms with Crippen molar-refractivity contribution in [1.82, 2.24) is 9.13 Å². The Bertz CT molecular complexity index is 818. The van der Waals surface area contributed by atoms with E-state index in [0.29, 0.717) is 18.8 Å². The van der Waals surface area contributed by atoms with Gasteiger partial charge < -0.3 is 30.9 Å². The third-order valence-corrected chi connectivity index (χ3v) is 3.71. The molecular formula is C17H19BrN3O-. The van der Waals surface area contributed by atoms with E-state index in [9.17, 15) is 0 Å².